The lowest BCUT2D eigenvalue weighted by molar-refractivity contribution is 0.349. The molecule has 1 aliphatic rings. The van der Waals surface area contributed by atoms with Gasteiger partial charge in [-0.05, 0) is 71.2 Å². The number of rotatable bonds is 4. The highest BCUT2D eigenvalue weighted by atomic mass is 16.5. The maximum Gasteiger partial charge on any atom is 0.161 e. The van der Waals surface area contributed by atoms with E-state index < -0.39 is 0 Å². The molecule has 0 unspecified atom stereocenters. The van der Waals surface area contributed by atoms with Crippen molar-refractivity contribution in [3.63, 3.8) is 0 Å². The van der Waals surface area contributed by atoms with Crippen LogP contribution in [0.5, 0.6) is 23.0 Å². The van der Waals surface area contributed by atoms with Crippen LogP contribution in [-0.2, 0) is 12.8 Å². The lowest BCUT2D eigenvalue weighted by Gasteiger charge is -2.28. The Morgan fingerprint density at radius 2 is 0.885 bits per heavy atom. The minimum Gasteiger partial charge on any atom is -0.493 e. The zero-order chi connectivity index (χ0) is 18.8. The van der Waals surface area contributed by atoms with E-state index in [0.29, 0.717) is 11.8 Å². The zero-order valence-electron chi connectivity index (χ0n) is 16.5. The number of hydrogen-bond donors (Lipinski definition) is 0. The summed E-state index contributed by atoms with van der Waals surface area (Å²) in [5.74, 6) is 4.16. The van der Waals surface area contributed by atoms with Crippen LogP contribution in [0, 0.1) is 11.8 Å². The van der Waals surface area contributed by atoms with E-state index in [1.807, 2.05) is 0 Å². The van der Waals surface area contributed by atoms with Gasteiger partial charge in [0.1, 0.15) is 0 Å². The maximum atomic E-state index is 5.56. The van der Waals surface area contributed by atoms with Gasteiger partial charge in [0.25, 0.3) is 0 Å². The van der Waals surface area contributed by atoms with Crippen molar-refractivity contribution in [2.45, 2.75) is 26.7 Å². The molecule has 2 atom stereocenters. The molecular weight excluding hydrogens is 328 g/mol. The normalized spacial score (nSPS) is 18.8. The standard InChI is InChI=1S/C22H28O4/c1-13-7-15-9-19(23-3)21(25-5)11-17(15)18-12-22(26-6)20(24-4)10-16(18)8-14(13)2/h9-14H,7-8H2,1-6H3/t13-,14+. The molecule has 0 fully saturated rings. The van der Waals surface area contributed by atoms with Crippen molar-refractivity contribution in [2.24, 2.45) is 11.8 Å². The first-order chi connectivity index (χ1) is 12.5. The van der Waals surface area contributed by atoms with Crippen LogP contribution in [0.3, 0.4) is 0 Å². The number of benzene rings is 2. The number of fused-ring (bicyclic) bond motifs is 3. The summed E-state index contributed by atoms with van der Waals surface area (Å²) < 4.78 is 22.2. The fourth-order valence-corrected chi connectivity index (χ4v) is 3.78. The van der Waals surface area contributed by atoms with Crippen molar-refractivity contribution in [3.05, 3.63) is 35.4 Å². The van der Waals surface area contributed by atoms with Gasteiger partial charge in [0.15, 0.2) is 23.0 Å². The quantitative estimate of drug-likeness (QED) is 0.791. The van der Waals surface area contributed by atoms with Crippen LogP contribution in [0.25, 0.3) is 11.1 Å². The molecule has 4 heteroatoms. The minimum atomic E-state index is 0.563. The molecule has 0 spiro atoms. The lowest BCUT2D eigenvalue weighted by Crippen LogP contribution is -2.17. The van der Waals surface area contributed by atoms with E-state index in [4.69, 9.17) is 18.9 Å². The Morgan fingerprint density at radius 3 is 1.19 bits per heavy atom. The second-order valence-electron chi connectivity index (χ2n) is 7.09. The van der Waals surface area contributed by atoms with Gasteiger partial charge in [-0.1, -0.05) is 13.8 Å². The van der Waals surface area contributed by atoms with Gasteiger partial charge in [0, 0.05) is 0 Å². The van der Waals surface area contributed by atoms with Crippen molar-refractivity contribution in [2.75, 3.05) is 28.4 Å². The number of ether oxygens (including phenoxy) is 4. The molecule has 2 aromatic carbocycles. The van der Waals surface area contributed by atoms with Crippen molar-refractivity contribution in [3.8, 4) is 34.1 Å². The SMILES string of the molecule is COc1cc2c(cc1OC)-c1cc(OC)c(OC)cc1C[C@H](C)[C@H](C)C2. The second kappa shape index (κ2) is 7.48. The van der Waals surface area contributed by atoms with Crippen LogP contribution in [0.1, 0.15) is 25.0 Å². The molecule has 0 saturated heterocycles. The first-order valence-electron chi connectivity index (χ1n) is 9.02. The third kappa shape index (κ3) is 3.20. The molecule has 0 amide bonds. The summed E-state index contributed by atoms with van der Waals surface area (Å²) in [6, 6.07) is 8.40. The van der Waals surface area contributed by atoms with Crippen LogP contribution in [0.2, 0.25) is 0 Å². The minimum absolute atomic E-state index is 0.563. The molecule has 0 saturated carbocycles. The molecule has 140 valence electrons. The molecule has 0 heterocycles. The van der Waals surface area contributed by atoms with Crippen LogP contribution in [0.15, 0.2) is 24.3 Å². The Labute approximate surface area is 156 Å². The molecular formula is C22H28O4. The molecule has 0 radical (unpaired) electrons. The van der Waals surface area contributed by atoms with Crippen molar-refractivity contribution >= 4 is 0 Å². The van der Waals surface area contributed by atoms with Crippen molar-refractivity contribution in [1.82, 2.24) is 0 Å². The topological polar surface area (TPSA) is 36.9 Å². The van der Waals surface area contributed by atoms with Crippen LogP contribution >= 0.6 is 0 Å². The molecule has 0 bridgehead atoms. The van der Waals surface area contributed by atoms with Gasteiger partial charge < -0.3 is 18.9 Å². The summed E-state index contributed by atoms with van der Waals surface area (Å²) >= 11 is 0. The van der Waals surface area contributed by atoms with Crippen molar-refractivity contribution < 1.29 is 18.9 Å². The monoisotopic (exact) mass is 356 g/mol. The Kier molecular flexibility index (Phi) is 5.30. The lowest BCUT2D eigenvalue weighted by atomic mass is 9.78. The van der Waals surface area contributed by atoms with Gasteiger partial charge >= 0.3 is 0 Å². The average molecular weight is 356 g/mol. The van der Waals surface area contributed by atoms with E-state index >= 15 is 0 Å². The fraction of sp³-hybridized carbons (Fsp3) is 0.455. The Bertz CT molecular complexity index is 730. The van der Waals surface area contributed by atoms with Gasteiger partial charge in [-0.25, -0.2) is 0 Å². The van der Waals surface area contributed by atoms with Gasteiger partial charge in [-0.15, -0.1) is 0 Å². The van der Waals surface area contributed by atoms with Gasteiger partial charge in [0.2, 0.25) is 0 Å². The molecule has 1 aliphatic carbocycles. The first-order valence-corrected chi connectivity index (χ1v) is 9.02. The van der Waals surface area contributed by atoms with E-state index in [1.54, 1.807) is 28.4 Å². The summed E-state index contributed by atoms with van der Waals surface area (Å²) in [6.07, 6.45) is 2.01. The fourth-order valence-electron chi connectivity index (χ4n) is 3.78. The van der Waals surface area contributed by atoms with Crippen LogP contribution in [-0.4, -0.2) is 28.4 Å². The molecule has 26 heavy (non-hydrogen) atoms. The predicted molar refractivity (Wildman–Crippen MR) is 104 cm³/mol. The maximum absolute atomic E-state index is 5.56. The first kappa shape index (κ1) is 18.4. The summed E-state index contributed by atoms with van der Waals surface area (Å²) in [7, 11) is 6.71. The largest absolute Gasteiger partial charge is 0.493 e. The second-order valence-corrected chi connectivity index (χ2v) is 7.09. The summed E-state index contributed by atoms with van der Waals surface area (Å²) in [5.41, 5.74) is 4.90. The van der Waals surface area contributed by atoms with E-state index in [-0.39, 0.29) is 0 Å². The summed E-state index contributed by atoms with van der Waals surface area (Å²) in [5, 5.41) is 0. The zero-order valence-corrected chi connectivity index (χ0v) is 16.5. The molecule has 0 aromatic heterocycles. The van der Waals surface area contributed by atoms with E-state index in [9.17, 15) is 0 Å². The molecule has 0 aliphatic heterocycles. The van der Waals surface area contributed by atoms with E-state index in [2.05, 4.69) is 38.1 Å². The van der Waals surface area contributed by atoms with E-state index in [1.165, 1.54) is 22.3 Å². The van der Waals surface area contributed by atoms with Gasteiger partial charge in [0.05, 0.1) is 28.4 Å². The molecule has 3 rings (SSSR count). The third-order valence-corrected chi connectivity index (χ3v) is 5.56. The number of hydrogen-bond acceptors (Lipinski definition) is 4. The molecule has 2 aromatic rings. The Morgan fingerprint density at radius 1 is 0.577 bits per heavy atom. The highest BCUT2D eigenvalue weighted by Crippen LogP contribution is 2.44. The van der Waals surface area contributed by atoms with Gasteiger partial charge in [-0.3, -0.25) is 0 Å². The Balaban J connectivity index is 2.29. The van der Waals surface area contributed by atoms with Crippen LogP contribution < -0.4 is 18.9 Å². The molecule has 4 nitrogen and oxygen atoms in total. The smallest absolute Gasteiger partial charge is 0.161 e. The predicted octanol–water partition coefficient (Wildman–Crippen LogP) is 4.76. The molecule has 0 N–H and O–H groups in total. The van der Waals surface area contributed by atoms with Gasteiger partial charge in [-0.2, -0.15) is 0 Å². The number of methoxy groups -OCH3 is 4. The highest BCUT2D eigenvalue weighted by molar-refractivity contribution is 5.77. The highest BCUT2D eigenvalue weighted by Gasteiger charge is 2.25. The van der Waals surface area contributed by atoms with E-state index in [0.717, 1.165) is 35.8 Å². The Hall–Kier alpha value is -2.36. The third-order valence-electron chi connectivity index (χ3n) is 5.56. The summed E-state index contributed by atoms with van der Waals surface area (Å²) in [6.45, 7) is 4.63. The average Bonchev–Trinajstić information content (AvgIpc) is 2.66. The summed E-state index contributed by atoms with van der Waals surface area (Å²) in [4.78, 5) is 0. The van der Waals surface area contributed by atoms with Crippen LogP contribution in [0.4, 0.5) is 0 Å². The van der Waals surface area contributed by atoms with Crippen molar-refractivity contribution in [1.29, 1.82) is 0 Å².